The van der Waals surface area contributed by atoms with Gasteiger partial charge in [-0.1, -0.05) is 302 Å². The van der Waals surface area contributed by atoms with Gasteiger partial charge in [0.2, 0.25) is 5.91 Å². The van der Waals surface area contributed by atoms with Crippen molar-refractivity contribution in [2.45, 2.75) is 328 Å². The summed E-state index contributed by atoms with van der Waals surface area (Å²) in [4.78, 5) is 22.8. The second-order valence-electron chi connectivity index (χ2n) is 20.2. The summed E-state index contributed by atoms with van der Waals surface area (Å²) in [5.41, 5.74) is 5.39. The lowest BCUT2D eigenvalue weighted by Crippen LogP contribution is -2.45. The van der Waals surface area contributed by atoms with Gasteiger partial charge in [-0.2, -0.15) is 0 Å². The molecule has 1 amide bonds. The molecule has 0 rings (SSSR count). The van der Waals surface area contributed by atoms with Crippen LogP contribution in [-0.4, -0.2) is 47.8 Å². The zero-order valence-electron chi connectivity index (χ0n) is 44.2. The second-order valence-corrected chi connectivity index (χ2v) is 21.7. The van der Waals surface area contributed by atoms with Crippen LogP contribution in [0.15, 0.2) is 12.2 Å². The zero-order chi connectivity index (χ0) is 48.1. The molecule has 0 radical (unpaired) electrons. The molecule has 0 saturated carbocycles. The molecule has 8 nitrogen and oxygen atoms in total. The number of amides is 1. The molecule has 0 aromatic rings. The van der Waals surface area contributed by atoms with E-state index in [0.29, 0.717) is 6.42 Å². The lowest BCUT2D eigenvalue weighted by Gasteiger charge is -2.23. The van der Waals surface area contributed by atoms with Crippen LogP contribution in [0.2, 0.25) is 0 Å². The van der Waals surface area contributed by atoms with Gasteiger partial charge in [0, 0.05) is 13.0 Å². The van der Waals surface area contributed by atoms with Crippen molar-refractivity contribution < 1.29 is 28.4 Å². The number of carbonyl (C=O) groups excluding carboxylic acids is 1. The van der Waals surface area contributed by atoms with Gasteiger partial charge >= 0.3 is 7.82 Å². The summed E-state index contributed by atoms with van der Waals surface area (Å²) in [7, 11) is -4.34. The Morgan fingerprint density at radius 1 is 0.485 bits per heavy atom. The first-order valence-electron chi connectivity index (χ1n) is 29.3. The average molecular weight is 956 g/mol. The number of hydrogen-bond acceptors (Lipinski definition) is 6. The Kier molecular flexibility index (Phi) is 53.0. The molecule has 0 aromatic heterocycles. The molecule has 0 fully saturated rings. The molecular formula is C57H115N2O6P. The number of nitrogens with one attached hydrogen (secondary N) is 1. The quantitative estimate of drug-likeness (QED) is 0.0271. The molecule has 0 aliphatic heterocycles. The number of allylic oxidation sites excluding steroid dienone is 1. The fraction of sp³-hybridized carbons (Fsp3) is 0.947. The first kappa shape index (κ1) is 65.2. The minimum absolute atomic E-state index is 0.0814. The lowest BCUT2D eigenvalue weighted by molar-refractivity contribution is -0.123. The molecule has 0 saturated heterocycles. The van der Waals surface area contributed by atoms with Gasteiger partial charge in [0.15, 0.2) is 0 Å². The van der Waals surface area contributed by atoms with E-state index in [2.05, 4.69) is 19.2 Å². The standard InChI is InChI=1S/C57H115N2O6P/c1-3-5-7-9-11-13-15-16-17-18-19-20-21-22-23-24-25-26-27-28-29-30-31-32-33-34-35-36-37-38-39-41-43-45-47-49-51-57(61)59-55(54-65-66(62,63)64-53-52-58)56(60)50-48-46-44-42-40-14-12-10-8-6-4-2/h48,50,55-56,60H,3-47,49,51-54,58H2,1-2H3,(H,59,61)(H,62,63)/b50-48+/t55-,56+/m0/s1. The van der Waals surface area contributed by atoms with Crippen LogP contribution in [0.5, 0.6) is 0 Å². The number of aliphatic hydroxyl groups is 1. The maximum Gasteiger partial charge on any atom is 0.472 e. The Labute approximate surface area is 411 Å². The topological polar surface area (TPSA) is 131 Å². The predicted molar refractivity (Wildman–Crippen MR) is 286 cm³/mol. The molecule has 0 aliphatic rings. The maximum absolute atomic E-state index is 12.8. The van der Waals surface area contributed by atoms with Crippen LogP contribution in [0.1, 0.15) is 316 Å². The van der Waals surface area contributed by atoms with Crippen LogP contribution in [0.25, 0.3) is 0 Å². The maximum atomic E-state index is 12.8. The minimum atomic E-state index is -4.34. The molecule has 394 valence electrons. The Balaban J connectivity index is 3.71. The summed E-state index contributed by atoms with van der Waals surface area (Å²) in [6.07, 6.45) is 64.8. The largest absolute Gasteiger partial charge is 0.472 e. The van der Waals surface area contributed by atoms with Crippen LogP contribution in [0.4, 0.5) is 0 Å². The van der Waals surface area contributed by atoms with E-state index in [4.69, 9.17) is 14.8 Å². The first-order chi connectivity index (χ1) is 32.4. The monoisotopic (exact) mass is 955 g/mol. The van der Waals surface area contributed by atoms with Crippen molar-refractivity contribution in [1.82, 2.24) is 5.32 Å². The number of phosphoric ester groups is 1. The minimum Gasteiger partial charge on any atom is -0.387 e. The predicted octanol–water partition coefficient (Wildman–Crippen LogP) is 17.9. The molecule has 5 N–H and O–H groups in total. The van der Waals surface area contributed by atoms with Gasteiger partial charge in [-0.15, -0.1) is 0 Å². The van der Waals surface area contributed by atoms with Gasteiger partial charge in [-0.05, 0) is 19.3 Å². The van der Waals surface area contributed by atoms with Gasteiger partial charge in [0.25, 0.3) is 0 Å². The summed E-state index contributed by atoms with van der Waals surface area (Å²) in [5, 5.41) is 13.7. The van der Waals surface area contributed by atoms with Crippen molar-refractivity contribution >= 4 is 13.7 Å². The first-order valence-corrected chi connectivity index (χ1v) is 30.8. The van der Waals surface area contributed by atoms with Gasteiger partial charge in [0.1, 0.15) is 0 Å². The van der Waals surface area contributed by atoms with Crippen molar-refractivity contribution in [3.8, 4) is 0 Å². The Bertz CT molecular complexity index is 1050. The van der Waals surface area contributed by atoms with Crippen LogP contribution >= 0.6 is 7.82 Å². The van der Waals surface area contributed by atoms with Gasteiger partial charge in [-0.3, -0.25) is 13.8 Å². The summed E-state index contributed by atoms with van der Waals surface area (Å²) in [6, 6.07) is -0.855. The van der Waals surface area contributed by atoms with Crippen molar-refractivity contribution in [3.05, 3.63) is 12.2 Å². The van der Waals surface area contributed by atoms with Crippen molar-refractivity contribution in [2.75, 3.05) is 19.8 Å². The molecule has 9 heteroatoms. The molecule has 0 aliphatic carbocycles. The van der Waals surface area contributed by atoms with E-state index >= 15 is 0 Å². The van der Waals surface area contributed by atoms with Crippen molar-refractivity contribution in [3.63, 3.8) is 0 Å². The van der Waals surface area contributed by atoms with Crippen LogP contribution in [-0.2, 0) is 18.4 Å². The Morgan fingerprint density at radius 2 is 0.773 bits per heavy atom. The third-order valence-corrected chi connectivity index (χ3v) is 14.6. The number of phosphoric acid groups is 1. The van der Waals surface area contributed by atoms with E-state index in [1.807, 2.05) is 6.08 Å². The van der Waals surface area contributed by atoms with E-state index in [1.54, 1.807) is 6.08 Å². The third-order valence-electron chi connectivity index (χ3n) is 13.6. The van der Waals surface area contributed by atoms with Gasteiger partial charge < -0.3 is 21.1 Å². The average Bonchev–Trinajstić information content (AvgIpc) is 3.31. The van der Waals surface area contributed by atoms with Crippen LogP contribution in [0.3, 0.4) is 0 Å². The fourth-order valence-corrected chi connectivity index (χ4v) is 9.96. The normalized spacial score (nSPS) is 13.7. The Hall–Kier alpha value is -0.760. The number of carbonyl (C=O) groups is 1. The second kappa shape index (κ2) is 53.6. The summed E-state index contributed by atoms with van der Waals surface area (Å²) in [6.45, 7) is 4.16. The summed E-state index contributed by atoms with van der Waals surface area (Å²) in [5.74, 6) is -0.188. The van der Waals surface area contributed by atoms with E-state index in [9.17, 15) is 19.4 Å². The molecule has 0 bridgehead atoms. The van der Waals surface area contributed by atoms with E-state index < -0.39 is 20.0 Å². The lowest BCUT2D eigenvalue weighted by atomic mass is 10.0. The molecule has 66 heavy (non-hydrogen) atoms. The smallest absolute Gasteiger partial charge is 0.387 e. The zero-order valence-corrected chi connectivity index (χ0v) is 45.1. The van der Waals surface area contributed by atoms with E-state index in [0.717, 1.165) is 38.5 Å². The molecule has 0 aromatic carbocycles. The highest BCUT2D eigenvalue weighted by Gasteiger charge is 2.27. The number of nitrogens with two attached hydrogens (primary N) is 1. The summed E-state index contributed by atoms with van der Waals surface area (Å²) >= 11 is 0. The Morgan fingerprint density at radius 3 is 1.08 bits per heavy atom. The summed E-state index contributed by atoms with van der Waals surface area (Å²) < 4.78 is 22.2. The highest BCUT2D eigenvalue weighted by atomic mass is 31.2. The van der Waals surface area contributed by atoms with Crippen LogP contribution in [0, 0.1) is 0 Å². The third kappa shape index (κ3) is 51.1. The number of rotatable bonds is 56. The highest BCUT2D eigenvalue weighted by molar-refractivity contribution is 7.47. The van der Waals surface area contributed by atoms with Crippen molar-refractivity contribution in [2.24, 2.45) is 5.73 Å². The fourth-order valence-electron chi connectivity index (χ4n) is 9.20. The molecular weight excluding hydrogens is 840 g/mol. The number of unbranched alkanes of at least 4 members (excludes halogenated alkanes) is 44. The molecule has 0 spiro atoms. The highest BCUT2D eigenvalue weighted by Crippen LogP contribution is 2.43. The number of aliphatic hydroxyl groups excluding tert-OH is 1. The SMILES string of the molecule is CCCCCCCCCCC/C=C/[C@@H](O)[C@H](COP(=O)(O)OCCN)NC(=O)CCCCCCCCCCCCCCCCCCCCCCCCCCCCCCCCCCCCCC. The molecule has 3 atom stereocenters. The van der Waals surface area contributed by atoms with Gasteiger partial charge in [-0.25, -0.2) is 4.57 Å². The number of hydrogen-bond donors (Lipinski definition) is 4. The van der Waals surface area contributed by atoms with Crippen molar-refractivity contribution in [1.29, 1.82) is 0 Å². The molecule has 0 heterocycles. The molecule has 1 unspecified atom stereocenters. The van der Waals surface area contributed by atoms with Crippen LogP contribution < -0.4 is 11.1 Å². The van der Waals surface area contributed by atoms with E-state index in [-0.39, 0.29) is 25.7 Å². The van der Waals surface area contributed by atoms with E-state index in [1.165, 1.54) is 257 Å². The van der Waals surface area contributed by atoms with Gasteiger partial charge in [0.05, 0.1) is 25.4 Å².